The number of aliphatic hydroxyl groups is 1. The number of phosphoric ester groups is 1. The molecule has 0 saturated heterocycles. The number of hydrogen-bond acceptors (Lipinski definition) is 7. The average molecular weight is 296 g/mol. The van der Waals surface area contributed by atoms with Crippen molar-refractivity contribution in [3.05, 3.63) is 48.8 Å². The van der Waals surface area contributed by atoms with Gasteiger partial charge in [0.2, 0.25) is 11.8 Å². The summed E-state index contributed by atoms with van der Waals surface area (Å²) < 4.78 is 27.7. The summed E-state index contributed by atoms with van der Waals surface area (Å²) in [5.41, 5.74) is 0. The Morgan fingerprint density at radius 1 is 1.00 bits per heavy atom. The van der Waals surface area contributed by atoms with E-state index in [9.17, 15) is 4.57 Å². The molecule has 7 nitrogen and oxygen atoms in total. The molecule has 2 aromatic rings. The van der Waals surface area contributed by atoms with E-state index in [0.717, 1.165) is 0 Å². The molecule has 0 aromatic carbocycles. The lowest BCUT2D eigenvalue weighted by Gasteiger charge is -2.17. The van der Waals surface area contributed by atoms with Crippen molar-refractivity contribution in [2.24, 2.45) is 0 Å². The maximum absolute atomic E-state index is 12.5. The minimum atomic E-state index is -3.96. The molecule has 0 amide bonds. The van der Waals surface area contributed by atoms with Gasteiger partial charge >= 0.3 is 7.82 Å². The lowest BCUT2D eigenvalue weighted by atomic mass is 10.5. The Hall–Kier alpha value is -1.95. The fourth-order valence-corrected chi connectivity index (χ4v) is 2.38. The fourth-order valence-electron chi connectivity index (χ4n) is 1.26. The molecule has 0 aliphatic rings. The van der Waals surface area contributed by atoms with Crippen molar-refractivity contribution >= 4 is 7.82 Å². The van der Waals surface area contributed by atoms with E-state index in [1.807, 2.05) is 0 Å². The molecule has 0 radical (unpaired) electrons. The molecular formula is C12H13N2O5P. The van der Waals surface area contributed by atoms with Gasteiger partial charge in [-0.2, -0.15) is 0 Å². The van der Waals surface area contributed by atoms with Crippen LogP contribution in [0.1, 0.15) is 0 Å². The summed E-state index contributed by atoms with van der Waals surface area (Å²) in [7, 11) is -3.96. The molecule has 20 heavy (non-hydrogen) atoms. The highest BCUT2D eigenvalue weighted by molar-refractivity contribution is 7.49. The monoisotopic (exact) mass is 296 g/mol. The van der Waals surface area contributed by atoms with E-state index in [4.69, 9.17) is 18.7 Å². The predicted molar refractivity (Wildman–Crippen MR) is 70.4 cm³/mol. The zero-order chi connectivity index (χ0) is 14.3. The molecule has 2 aromatic heterocycles. The Bertz CT molecular complexity index is 521. The van der Waals surface area contributed by atoms with Crippen molar-refractivity contribution in [2.75, 3.05) is 13.2 Å². The largest absolute Gasteiger partial charge is 0.590 e. The standard InChI is InChI=1S/C12H13N2O5P/c15-9-10-17-20(16,18-11-5-1-3-7-13-11)19-12-6-2-4-8-14-12/h1-8,15H,9-10H2. The van der Waals surface area contributed by atoms with Crippen LogP contribution < -0.4 is 9.05 Å². The quantitative estimate of drug-likeness (QED) is 0.782. The van der Waals surface area contributed by atoms with Crippen molar-refractivity contribution in [2.45, 2.75) is 0 Å². The molecule has 0 fully saturated rings. The highest BCUT2D eigenvalue weighted by Crippen LogP contribution is 2.48. The van der Waals surface area contributed by atoms with Crippen molar-refractivity contribution in [3.63, 3.8) is 0 Å². The maximum Gasteiger partial charge on any atom is 0.590 e. The summed E-state index contributed by atoms with van der Waals surface area (Å²) >= 11 is 0. The number of aromatic nitrogens is 2. The first-order valence-electron chi connectivity index (χ1n) is 5.78. The molecule has 0 saturated carbocycles. The van der Waals surface area contributed by atoms with E-state index in [1.165, 1.54) is 24.5 Å². The van der Waals surface area contributed by atoms with Crippen LogP contribution >= 0.6 is 7.82 Å². The third kappa shape index (κ3) is 4.31. The van der Waals surface area contributed by atoms with Crippen molar-refractivity contribution in [1.82, 2.24) is 9.97 Å². The second-order valence-corrected chi connectivity index (χ2v) is 5.04. The SMILES string of the molecule is O=P(OCCO)(Oc1ccccn1)Oc1ccccn1. The molecule has 1 N–H and O–H groups in total. The third-order valence-electron chi connectivity index (χ3n) is 2.03. The maximum atomic E-state index is 12.5. The second kappa shape index (κ2) is 7.00. The number of rotatable bonds is 7. The van der Waals surface area contributed by atoms with Gasteiger partial charge in [-0.1, -0.05) is 12.1 Å². The van der Waals surface area contributed by atoms with Crippen LogP contribution in [0.5, 0.6) is 11.8 Å². The smallest absolute Gasteiger partial charge is 0.394 e. The molecule has 8 heteroatoms. The zero-order valence-corrected chi connectivity index (χ0v) is 11.3. The molecule has 0 atom stereocenters. The second-order valence-electron chi connectivity index (χ2n) is 3.52. The highest BCUT2D eigenvalue weighted by Gasteiger charge is 2.31. The van der Waals surface area contributed by atoms with Gasteiger partial charge in [0.05, 0.1) is 13.2 Å². The van der Waals surface area contributed by atoms with Gasteiger partial charge in [-0.05, 0) is 12.1 Å². The van der Waals surface area contributed by atoms with Crippen LogP contribution in [-0.2, 0) is 9.09 Å². The van der Waals surface area contributed by atoms with E-state index in [0.29, 0.717) is 0 Å². The van der Waals surface area contributed by atoms with Crippen molar-refractivity contribution in [3.8, 4) is 11.8 Å². The summed E-state index contributed by atoms with van der Waals surface area (Å²) in [4.78, 5) is 7.75. The van der Waals surface area contributed by atoms with Crippen LogP contribution in [-0.4, -0.2) is 28.3 Å². The van der Waals surface area contributed by atoms with E-state index >= 15 is 0 Å². The summed E-state index contributed by atoms with van der Waals surface area (Å²) in [6.45, 7) is -0.516. The van der Waals surface area contributed by atoms with E-state index in [-0.39, 0.29) is 25.0 Å². The van der Waals surface area contributed by atoms with E-state index in [2.05, 4.69) is 9.97 Å². The van der Waals surface area contributed by atoms with E-state index < -0.39 is 7.82 Å². The van der Waals surface area contributed by atoms with Gasteiger partial charge in [-0.3, -0.25) is 4.52 Å². The average Bonchev–Trinajstić information content (AvgIpc) is 2.47. The summed E-state index contributed by atoms with van der Waals surface area (Å²) in [5.74, 6) is 0.175. The van der Waals surface area contributed by atoms with Gasteiger partial charge < -0.3 is 14.2 Å². The first-order chi connectivity index (χ1) is 9.72. The zero-order valence-electron chi connectivity index (χ0n) is 10.5. The first-order valence-corrected chi connectivity index (χ1v) is 7.25. The van der Waals surface area contributed by atoms with Crippen molar-refractivity contribution < 1.29 is 23.2 Å². The van der Waals surface area contributed by atoms with Gasteiger partial charge in [0.1, 0.15) is 0 Å². The van der Waals surface area contributed by atoms with Crippen LogP contribution in [0, 0.1) is 0 Å². The first kappa shape index (κ1) is 14.5. The Morgan fingerprint density at radius 3 is 1.95 bits per heavy atom. The third-order valence-corrected chi connectivity index (χ3v) is 3.35. The molecule has 0 bridgehead atoms. The van der Waals surface area contributed by atoms with Crippen LogP contribution in [0.25, 0.3) is 0 Å². The van der Waals surface area contributed by atoms with Gasteiger partial charge in [0.25, 0.3) is 0 Å². The van der Waals surface area contributed by atoms with Crippen LogP contribution in [0.2, 0.25) is 0 Å². The number of pyridine rings is 2. The molecule has 2 rings (SSSR count). The molecule has 0 aliphatic carbocycles. The van der Waals surface area contributed by atoms with Gasteiger partial charge in [0.15, 0.2) is 0 Å². The van der Waals surface area contributed by atoms with Crippen LogP contribution in [0.4, 0.5) is 0 Å². The molecule has 0 aliphatic heterocycles. The minimum absolute atomic E-state index is 0.0877. The molecule has 106 valence electrons. The van der Waals surface area contributed by atoms with Crippen molar-refractivity contribution in [1.29, 1.82) is 0 Å². The highest BCUT2D eigenvalue weighted by atomic mass is 31.2. The topological polar surface area (TPSA) is 90.8 Å². The number of hydrogen-bond donors (Lipinski definition) is 1. The molecular weight excluding hydrogens is 283 g/mol. The predicted octanol–water partition coefficient (Wildman–Crippen LogP) is 2.05. The molecule has 0 unspecified atom stereocenters. The van der Waals surface area contributed by atoms with Crippen LogP contribution in [0.3, 0.4) is 0 Å². The Balaban J connectivity index is 2.15. The van der Waals surface area contributed by atoms with Gasteiger partial charge in [-0.15, -0.1) is 0 Å². The Morgan fingerprint density at radius 2 is 1.55 bits per heavy atom. The Labute approximate surface area is 115 Å². The number of nitrogens with zero attached hydrogens (tertiary/aromatic N) is 2. The molecule has 0 spiro atoms. The van der Waals surface area contributed by atoms with Crippen LogP contribution in [0.15, 0.2) is 48.8 Å². The van der Waals surface area contributed by atoms with Gasteiger partial charge in [0, 0.05) is 24.5 Å². The molecule has 2 heterocycles. The summed E-state index contributed by atoms with van der Waals surface area (Å²) in [5, 5.41) is 8.77. The fraction of sp³-hybridized carbons (Fsp3) is 0.167. The lowest BCUT2D eigenvalue weighted by Crippen LogP contribution is -2.08. The summed E-state index contributed by atoms with van der Waals surface area (Å²) in [6, 6.07) is 9.73. The van der Waals surface area contributed by atoms with Gasteiger partial charge in [-0.25, -0.2) is 14.5 Å². The number of aliphatic hydroxyl groups excluding tert-OH is 1. The Kier molecular flexibility index (Phi) is 5.06. The lowest BCUT2D eigenvalue weighted by molar-refractivity contribution is 0.157. The number of phosphoric acid groups is 1. The van der Waals surface area contributed by atoms with E-state index in [1.54, 1.807) is 24.3 Å². The minimum Gasteiger partial charge on any atom is -0.394 e. The summed E-state index contributed by atoms with van der Waals surface area (Å²) in [6.07, 6.45) is 2.96. The normalized spacial score (nSPS) is 11.1.